The zero-order valence-corrected chi connectivity index (χ0v) is 16.8. The molecule has 0 amide bonds. The summed E-state index contributed by atoms with van der Waals surface area (Å²) in [4.78, 5) is 10.6. The van der Waals surface area contributed by atoms with Crippen LogP contribution in [0.5, 0.6) is 5.75 Å². The molecule has 11 nitrogen and oxygen atoms in total. The van der Waals surface area contributed by atoms with Crippen LogP contribution < -0.4 is 9.46 Å². The molecule has 3 rings (SSSR count). The number of benzene rings is 1. The van der Waals surface area contributed by atoms with Gasteiger partial charge in [0, 0.05) is 7.11 Å². The van der Waals surface area contributed by atoms with E-state index in [0.29, 0.717) is 30.2 Å². The first-order chi connectivity index (χ1) is 13.8. The first-order valence-electron chi connectivity index (χ1n) is 8.76. The first kappa shape index (κ1) is 21.2. The van der Waals surface area contributed by atoms with Crippen LogP contribution in [0.25, 0.3) is 0 Å². The molecule has 1 aliphatic heterocycles. The smallest absolute Gasteiger partial charge is 0.341 e. The second-order valence-corrected chi connectivity index (χ2v) is 8.27. The number of methoxy groups -OCH3 is 1. The monoisotopic (exact) mass is 426 g/mol. The zero-order valence-electron chi connectivity index (χ0n) is 15.9. The average Bonchev–Trinajstić information content (AvgIpc) is 3.34. The molecule has 1 aromatic heterocycles. The van der Waals surface area contributed by atoms with E-state index in [0.717, 1.165) is 0 Å². The lowest BCUT2D eigenvalue weighted by Crippen LogP contribution is -2.25. The molecule has 0 spiro atoms. The molecule has 1 aliphatic rings. The van der Waals surface area contributed by atoms with Crippen molar-refractivity contribution in [3.8, 4) is 5.75 Å². The van der Waals surface area contributed by atoms with Crippen LogP contribution >= 0.6 is 0 Å². The van der Waals surface area contributed by atoms with Gasteiger partial charge in [0.1, 0.15) is 17.9 Å². The molecule has 1 fully saturated rings. The Balaban J connectivity index is 1.64. The van der Waals surface area contributed by atoms with E-state index in [4.69, 9.17) is 19.3 Å². The van der Waals surface area contributed by atoms with Crippen LogP contribution in [0.1, 0.15) is 17.3 Å². The van der Waals surface area contributed by atoms with E-state index >= 15 is 0 Å². The molecule has 0 unspecified atom stereocenters. The second kappa shape index (κ2) is 8.86. The molecule has 0 aliphatic carbocycles. The Morgan fingerprint density at radius 2 is 2.21 bits per heavy atom. The van der Waals surface area contributed by atoms with Crippen LogP contribution in [-0.2, 0) is 30.8 Å². The molecule has 12 heteroatoms. The van der Waals surface area contributed by atoms with E-state index in [9.17, 15) is 13.2 Å². The fourth-order valence-corrected chi connectivity index (χ4v) is 3.98. The molecule has 1 aromatic carbocycles. The van der Waals surface area contributed by atoms with Crippen molar-refractivity contribution in [2.45, 2.75) is 30.5 Å². The minimum Gasteiger partial charge on any atom is -0.482 e. The summed E-state index contributed by atoms with van der Waals surface area (Å²) in [7, 11) is -2.21. The summed E-state index contributed by atoms with van der Waals surface area (Å²) in [5.74, 6) is -0.808. The predicted octanol–water partition coefficient (Wildman–Crippen LogP) is 0.115. The number of nitrogens with one attached hydrogen (secondary N) is 1. The van der Waals surface area contributed by atoms with Gasteiger partial charge in [-0.15, -0.1) is 5.10 Å². The molecule has 0 bridgehead atoms. The van der Waals surface area contributed by atoms with E-state index in [-0.39, 0.29) is 23.6 Å². The molecule has 2 heterocycles. The highest BCUT2D eigenvalue weighted by Gasteiger charge is 2.30. The molecule has 1 saturated heterocycles. The number of hydrogen-bond acceptors (Lipinski definition) is 8. The average molecular weight is 426 g/mol. The molecule has 0 radical (unpaired) electrons. The lowest BCUT2D eigenvalue weighted by Gasteiger charge is -2.15. The largest absolute Gasteiger partial charge is 0.482 e. The number of carboxylic acid groups (broad SMARTS) is 1. The first-order valence-corrected chi connectivity index (χ1v) is 10.2. The number of aryl methyl sites for hydroxylation is 1. The van der Waals surface area contributed by atoms with Gasteiger partial charge in [0.25, 0.3) is 0 Å². The second-order valence-electron chi connectivity index (χ2n) is 6.50. The van der Waals surface area contributed by atoms with E-state index in [2.05, 4.69) is 15.0 Å². The summed E-state index contributed by atoms with van der Waals surface area (Å²) < 4.78 is 45.0. The van der Waals surface area contributed by atoms with Crippen molar-refractivity contribution >= 4 is 16.0 Å². The highest BCUT2D eigenvalue weighted by molar-refractivity contribution is 7.89. The summed E-state index contributed by atoms with van der Waals surface area (Å²) in [6.45, 7) is 2.01. The summed E-state index contributed by atoms with van der Waals surface area (Å²) in [6.07, 6.45) is 1.52. The van der Waals surface area contributed by atoms with E-state index in [1.807, 2.05) is 0 Å². The number of aliphatic carboxylic acids is 1. The minimum atomic E-state index is -3.80. The van der Waals surface area contributed by atoms with Gasteiger partial charge in [-0.05, 0) is 30.7 Å². The van der Waals surface area contributed by atoms with Crippen molar-refractivity contribution in [3.05, 3.63) is 35.7 Å². The highest BCUT2D eigenvalue weighted by atomic mass is 32.2. The van der Waals surface area contributed by atoms with Crippen molar-refractivity contribution in [1.82, 2.24) is 19.7 Å². The van der Waals surface area contributed by atoms with E-state index in [1.165, 1.54) is 18.2 Å². The number of hydrogen-bond donors (Lipinski definition) is 2. The molecular formula is C17H22N4O7S. The van der Waals surface area contributed by atoms with Gasteiger partial charge in [-0.1, -0.05) is 5.21 Å². The number of aromatic nitrogens is 3. The Bertz CT molecular complexity index is 976. The van der Waals surface area contributed by atoms with Crippen LogP contribution in [0.15, 0.2) is 29.3 Å². The van der Waals surface area contributed by atoms with Gasteiger partial charge in [0.2, 0.25) is 10.0 Å². The van der Waals surface area contributed by atoms with Gasteiger partial charge in [-0.3, -0.25) is 0 Å². The van der Waals surface area contributed by atoms with Gasteiger partial charge >= 0.3 is 5.97 Å². The fourth-order valence-electron chi connectivity index (χ4n) is 2.89. The van der Waals surface area contributed by atoms with Crippen LogP contribution in [0.2, 0.25) is 0 Å². The fraction of sp³-hybridized carbons (Fsp3) is 0.471. The lowest BCUT2D eigenvalue weighted by atomic mass is 10.2. The Morgan fingerprint density at radius 3 is 2.90 bits per heavy atom. The van der Waals surface area contributed by atoms with Crippen LogP contribution in [0.3, 0.4) is 0 Å². The number of sulfonamides is 1. The molecular weight excluding hydrogens is 404 g/mol. The SMILES string of the molecule is CO[C@@H]1COC[C@H]1n1cc(CNS(=O)(=O)c2ccc(OCC(=O)O)c(C)c2)nn1. The van der Waals surface area contributed by atoms with Crippen LogP contribution in [-0.4, -0.2) is 67.5 Å². The van der Waals surface area contributed by atoms with Gasteiger partial charge in [-0.2, -0.15) is 0 Å². The molecule has 158 valence electrons. The Hall–Kier alpha value is -2.54. The van der Waals surface area contributed by atoms with Crippen LogP contribution in [0, 0.1) is 6.92 Å². The zero-order chi connectivity index (χ0) is 21.0. The van der Waals surface area contributed by atoms with Gasteiger partial charge < -0.3 is 19.3 Å². The third-order valence-corrected chi connectivity index (χ3v) is 5.85. The number of carbonyl (C=O) groups is 1. The Morgan fingerprint density at radius 1 is 1.41 bits per heavy atom. The maximum absolute atomic E-state index is 12.6. The van der Waals surface area contributed by atoms with Crippen molar-refractivity contribution < 1.29 is 32.5 Å². The standard InChI is InChI=1S/C17H22N4O7S/c1-11-5-13(3-4-15(11)28-10-17(22)23)29(24,25)18-6-12-7-21(20-19-12)14-8-27-9-16(14)26-2/h3-5,7,14,16,18H,6,8-10H2,1-2H3,(H,22,23)/t14-,16-/m1/s1. The highest BCUT2D eigenvalue weighted by Crippen LogP contribution is 2.23. The molecule has 2 atom stereocenters. The summed E-state index contributed by atoms with van der Waals surface area (Å²) in [6, 6.07) is 4.07. The maximum atomic E-state index is 12.6. The van der Waals surface area contributed by atoms with Crippen LogP contribution in [0.4, 0.5) is 0 Å². The Kier molecular flexibility index (Phi) is 6.47. The topological polar surface area (TPSA) is 142 Å². The predicted molar refractivity (Wildman–Crippen MR) is 99.0 cm³/mol. The number of carboxylic acids is 1. The molecule has 2 N–H and O–H groups in total. The van der Waals surface area contributed by atoms with Gasteiger partial charge in [0.15, 0.2) is 6.61 Å². The minimum absolute atomic E-state index is 0.0358. The van der Waals surface area contributed by atoms with E-state index < -0.39 is 22.6 Å². The van der Waals surface area contributed by atoms with Crippen molar-refractivity contribution in [2.75, 3.05) is 26.9 Å². The van der Waals surface area contributed by atoms with Crippen molar-refractivity contribution in [1.29, 1.82) is 0 Å². The summed E-state index contributed by atoms with van der Waals surface area (Å²) in [5, 5.41) is 16.7. The normalized spacial score (nSPS) is 19.4. The van der Waals surface area contributed by atoms with E-state index in [1.54, 1.807) is 24.9 Å². The number of ether oxygens (including phenoxy) is 3. The third kappa shape index (κ3) is 5.09. The Labute approximate surface area is 167 Å². The van der Waals surface area contributed by atoms with Gasteiger partial charge in [0.05, 0.1) is 36.5 Å². The molecule has 0 saturated carbocycles. The van der Waals surface area contributed by atoms with Gasteiger partial charge in [-0.25, -0.2) is 22.6 Å². The summed E-state index contributed by atoms with van der Waals surface area (Å²) >= 11 is 0. The maximum Gasteiger partial charge on any atom is 0.341 e. The summed E-state index contributed by atoms with van der Waals surface area (Å²) in [5.41, 5.74) is 0.959. The number of rotatable bonds is 9. The quantitative estimate of drug-likeness (QED) is 0.571. The lowest BCUT2D eigenvalue weighted by molar-refractivity contribution is -0.139. The molecule has 29 heavy (non-hydrogen) atoms. The number of nitrogens with zero attached hydrogens (tertiary/aromatic N) is 3. The van der Waals surface area contributed by atoms with Crippen molar-refractivity contribution in [3.63, 3.8) is 0 Å². The molecule has 2 aromatic rings. The third-order valence-electron chi connectivity index (χ3n) is 4.45. The van der Waals surface area contributed by atoms with Crippen molar-refractivity contribution in [2.24, 2.45) is 0 Å².